The minimum absolute atomic E-state index is 0.566. The van der Waals surface area contributed by atoms with Crippen LogP contribution in [0.15, 0.2) is 18.3 Å². The largest absolute Gasteiger partial charge is 0.310 e. The average molecular weight is 206 g/mol. The van der Waals surface area contributed by atoms with Crippen LogP contribution < -0.4 is 5.32 Å². The van der Waals surface area contributed by atoms with Crippen LogP contribution >= 0.6 is 0 Å². The molecule has 1 rings (SSSR count). The van der Waals surface area contributed by atoms with E-state index in [9.17, 15) is 0 Å². The Morgan fingerprint density at radius 3 is 2.60 bits per heavy atom. The molecular formula is C13H22N2. The predicted molar refractivity (Wildman–Crippen MR) is 64.7 cm³/mol. The van der Waals surface area contributed by atoms with Crippen LogP contribution in [0.4, 0.5) is 0 Å². The van der Waals surface area contributed by atoms with Gasteiger partial charge in [0.25, 0.3) is 0 Å². The van der Waals surface area contributed by atoms with Crippen LogP contribution in [0.1, 0.15) is 38.4 Å². The summed E-state index contributed by atoms with van der Waals surface area (Å²) in [7, 11) is 0. The maximum absolute atomic E-state index is 4.28. The molecule has 2 atom stereocenters. The second kappa shape index (κ2) is 5.86. The van der Waals surface area contributed by atoms with Crippen LogP contribution in [0.3, 0.4) is 0 Å². The first-order valence-electron chi connectivity index (χ1n) is 5.78. The van der Waals surface area contributed by atoms with Crippen molar-refractivity contribution in [2.75, 3.05) is 0 Å². The number of nitrogens with zero attached hydrogens (tertiary/aromatic N) is 1. The highest BCUT2D eigenvalue weighted by Crippen LogP contribution is 2.07. The SMILES string of the molecule is CCC(C)C(C)NCc1ccc(C)nc1. The molecule has 0 radical (unpaired) electrons. The third-order valence-electron chi connectivity index (χ3n) is 3.10. The molecule has 0 aliphatic carbocycles. The van der Waals surface area contributed by atoms with Gasteiger partial charge < -0.3 is 5.32 Å². The van der Waals surface area contributed by atoms with Gasteiger partial charge >= 0.3 is 0 Å². The lowest BCUT2D eigenvalue weighted by Crippen LogP contribution is -2.31. The van der Waals surface area contributed by atoms with Gasteiger partial charge in [0.15, 0.2) is 0 Å². The van der Waals surface area contributed by atoms with Crippen LogP contribution in [-0.2, 0) is 6.54 Å². The Balaban J connectivity index is 2.40. The van der Waals surface area contributed by atoms with E-state index < -0.39 is 0 Å². The van der Waals surface area contributed by atoms with E-state index in [-0.39, 0.29) is 0 Å². The Bertz CT molecular complexity index is 279. The van der Waals surface area contributed by atoms with E-state index in [0.717, 1.165) is 18.2 Å². The van der Waals surface area contributed by atoms with Crippen LogP contribution in [0.25, 0.3) is 0 Å². The fourth-order valence-corrected chi connectivity index (χ4v) is 1.44. The summed E-state index contributed by atoms with van der Waals surface area (Å²) >= 11 is 0. The number of hydrogen-bond acceptors (Lipinski definition) is 2. The summed E-state index contributed by atoms with van der Waals surface area (Å²) in [6.45, 7) is 9.69. The molecule has 2 unspecified atom stereocenters. The number of aromatic nitrogens is 1. The van der Waals surface area contributed by atoms with E-state index in [2.05, 4.69) is 43.2 Å². The smallest absolute Gasteiger partial charge is 0.0372 e. The van der Waals surface area contributed by atoms with Crippen LogP contribution in [0.5, 0.6) is 0 Å². The molecule has 15 heavy (non-hydrogen) atoms. The lowest BCUT2D eigenvalue weighted by Gasteiger charge is -2.19. The van der Waals surface area contributed by atoms with Crippen molar-refractivity contribution >= 4 is 0 Å². The minimum atomic E-state index is 0.566. The Hall–Kier alpha value is -0.890. The minimum Gasteiger partial charge on any atom is -0.310 e. The summed E-state index contributed by atoms with van der Waals surface area (Å²) in [5.74, 6) is 0.725. The number of nitrogens with one attached hydrogen (secondary N) is 1. The zero-order chi connectivity index (χ0) is 11.3. The normalized spacial score (nSPS) is 14.9. The molecule has 0 saturated carbocycles. The van der Waals surface area contributed by atoms with E-state index in [1.807, 2.05) is 13.1 Å². The highest BCUT2D eigenvalue weighted by molar-refractivity contribution is 5.12. The topological polar surface area (TPSA) is 24.9 Å². The molecule has 2 nitrogen and oxygen atoms in total. The first-order valence-corrected chi connectivity index (χ1v) is 5.78. The van der Waals surface area contributed by atoms with Crippen molar-refractivity contribution in [1.29, 1.82) is 0 Å². The van der Waals surface area contributed by atoms with Gasteiger partial charge in [0.05, 0.1) is 0 Å². The van der Waals surface area contributed by atoms with Crippen LogP contribution in [0.2, 0.25) is 0 Å². The van der Waals surface area contributed by atoms with Crippen molar-refractivity contribution in [2.24, 2.45) is 5.92 Å². The van der Waals surface area contributed by atoms with E-state index in [0.29, 0.717) is 6.04 Å². The molecule has 0 saturated heterocycles. The van der Waals surface area contributed by atoms with Crippen LogP contribution in [-0.4, -0.2) is 11.0 Å². The lowest BCUT2D eigenvalue weighted by molar-refractivity contribution is 0.389. The maximum Gasteiger partial charge on any atom is 0.0372 e. The molecule has 0 aromatic carbocycles. The van der Waals surface area contributed by atoms with Gasteiger partial charge in [-0.15, -0.1) is 0 Å². The van der Waals surface area contributed by atoms with Crippen molar-refractivity contribution in [2.45, 2.75) is 46.7 Å². The highest BCUT2D eigenvalue weighted by atomic mass is 14.9. The molecular weight excluding hydrogens is 184 g/mol. The molecule has 0 aliphatic heterocycles. The van der Waals surface area contributed by atoms with Gasteiger partial charge in [-0.2, -0.15) is 0 Å². The molecule has 0 aliphatic rings. The third kappa shape index (κ3) is 4.00. The first kappa shape index (κ1) is 12.2. The number of rotatable bonds is 5. The second-order valence-corrected chi connectivity index (χ2v) is 4.36. The quantitative estimate of drug-likeness (QED) is 0.801. The monoisotopic (exact) mass is 206 g/mol. The summed E-state index contributed by atoms with van der Waals surface area (Å²) < 4.78 is 0. The maximum atomic E-state index is 4.28. The molecule has 84 valence electrons. The van der Waals surface area contributed by atoms with Gasteiger partial charge in [0.1, 0.15) is 0 Å². The van der Waals surface area contributed by atoms with Crippen molar-refractivity contribution in [3.05, 3.63) is 29.6 Å². The molecule has 1 aromatic heterocycles. The van der Waals surface area contributed by atoms with Gasteiger partial charge in [-0.25, -0.2) is 0 Å². The Morgan fingerprint density at radius 2 is 2.07 bits per heavy atom. The molecule has 0 bridgehead atoms. The zero-order valence-electron chi connectivity index (χ0n) is 10.2. The van der Waals surface area contributed by atoms with Gasteiger partial charge in [0, 0.05) is 24.5 Å². The Labute approximate surface area is 93.1 Å². The summed E-state index contributed by atoms with van der Waals surface area (Å²) in [6, 6.07) is 4.76. The van der Waals surface area contributed by atoms with Crippen molar-refractivity contribution in [3.8, 4) is 0 Å². The van der Waals surface area contributed by atoms with Crippen molar-refractivity contribution in [1.82, 2.24) is 10.3 Å². The fourth-order valence-electron chi connectivity index (χ4n) is 1.44. The number of aryl methyl sites for hydroxylation is 1. The summed E-state index contributed by atoms with van der Waals surface area (Å²) in [6.07, 6.45) is 3.17. The standard InChI is InChI=1S/C13H22N2/c1-5-10(2)12(4)15-9-13-7-6-11(3)14-8-13/h6-8,10,12,15H,5,9H2,1-4H3. The number of pyridine rings is 1. The predicted octanol–water partition coefficient (Wildman–Crippen LogP) is 2.91. The fraction of sp³-hybridized carbons (Fsp3) is 0.615. The molecule has 2 heteroatoms. The highest BCUT2D eigenvalue weighted by Gasteiger charge is 2.08. The van der Waals surface area contributed by atoms with Gasteiger partial charge in [-0.1, -0.05) is 26.3 Å². The molecule has 1 N–H and O–H groups in total. The Morgan fingerprint density at radius 1 is 1.33 bits per heavy atom. The summed E-state index contributed by atoms with van der Waals surface area (Å²) in [4.78, 5) is 4.28. The van der Waals surface area contributed by atoms with E-state index in [4.69, 9.17) is 0 Å². The molecule has 0 spiro atoms. The molecule has 0 amide bonds. The zero-order valence-corrected chi connectivity index (χ0v) is 10.2. The van der Waals surface area contributed by atoms with Gasteiger partial charge in [-0.05, 0) is 31.4 Å². The van der Waals surface area contributed by atoms with Crippen LogP contribution in [0, 0.1) is 12.8 Å². The van der Waals surface area contributed by atoms with Gasteiger partial charge in [0.2, 0.25) is 0 Å². The van der Waals surface area contributed by atoms with Crippen molar-refractivity contribution in [3.63, 3.8) is 0 Å². The average Bonchev–Trinajstić information content (AvgIpc) is 2.26. The first-order chi connectivity index (χ1) is 7.13. The van der Waals surface area contributed by atoms with Crippen molar-refractivity contribution < 1.29 is 0 Å². The molecule has 1 heterocycles. The summed E-state index contributed by atoms with van der Waals surface area (Å²) in [5, 5.41) is 3.53. The third-order valence-corrected chi connectivity index (χ3v) is 3.10. The summed E-state index contributed by atoms with van der Waals surface area (Å²) in [5.41, 5.74) is 2.34. The Kier molecular flexibility index (Phi) is 4.76. The van der Waals surface area contributed by atoms with E-state index >= 15 is 0 Å². The lowest BCUT2D eigenvalue weighted by atomic mass is 10.0. The molecule has 1 aromatic rings. The second-order valence-electron chi connectivity index (χ2n) is 4.36. The van der Waals surface area contributed by atoms with E-state index in [1.165, 1.54) is 12.0 Å². The van der Waals surface area contributed by atoms with E-state index in [1.54, 1.807) is 0 Å². The van der Waals surface area contributed by atoms with Gasteiger partial charge in [-0.3, -0.25) is 4.98 Å². The molecule has 0 fully saturated rings. The number of hydrogen-bond donors (Lipinski definition) is 1.